The molecule has 3 atom stereocenters. The average Bonchev–Trinajstić information content (AvgIpc) is 2.98. The molecule has 1 aromatic carbocycles. The number of aliphatic hydroxyl groups is 1. The number of carbonyl (C=O) groups is 1. The van der Waals surface area contributed by atoms with E-state index in [0.717, 1.165) is 5.56 Å². The van der Waals surface area contributed by atoms with Gasteiger partial charge in [0, 0.05) is 23.6 Å². The van der Waals surface area contributed by atoms with E-state index >= 15 is 0 Å². The van der Waals surface area contributed by atoms with Crippen molar-refractivity contribution >= 4 is 5.97 Å². The van der Waals surface area contributed by atoms with Gasteiger partial charge in [0.2, 0.25) is 0 Å². The monoisotopic (exact) mass is 372 g/mol. The minimum absolute atomic E-state index is 0.0394. The average molecular weight is 372 g/mol. The van der Waals surface area contributed by atoms with Gasteiger partial charge in [0.05, 0.1) is 18.1 Å². The summed E-state index contributed by atoms with van der Waals surface area (Å²) in [5.41, 5.74) is 0.0775. The van der Waals surface area contributed by atoms with Crippen molar-refractivity contribution in [2.24, 2.45) is 5.92 Å². The number of hydrogen-bond donors (Lipinski definition) is 3. The number of carbonyl (C=O) groups excluding carboxylic acids is 1. The zero-order valence-electron chi connectivity index (χ0n) is 15.5. The molecule has 0 aliphatic heterocycles. The third-order valence-electron chi connectivity index (χ3n) is 4.89. The first-order valence-corrected chi connectivity index (χ1v) is 8.91. The molecule has 0 saturated carbocycles. The maximum atomic E-state index is 12.8. The van der Waals surface area contributed by atoms with Crippen LogP contribution in [0, 0.1) is 5.92 Å². The van der Waals surface area contributed by atoms with E-state index in [-0.39, 0.29) is 18.6 Å². The van der Waals surface area contributed by atoms with Crippen LogP contribution in [0.25, 0.3) is 0 Å². The number of rotatable bonds is 6. The van der Waals surface area contributed by atoms with Crippen molar-refractivity contribution in [2.75, 3.05) is 13.2 Å². The van der Waals surface area contributed by atoms with Gasteiger partial charge < -0.3 is 19.7 Å². The van der Waals surface area contributed by atoms with Crippen LogP contribution in [0.1, 0.15) is 36.6 Å². The maximum absolute atomic E-state index is 12.8. The van der Waals surface area contributed by atoms with Gasteiger partial charge in [-0.05, 0) is 31.5 Å². The predicted octanol–water partition coefficient (Wildman–Crippen LogP) is 1.89. The summed E-state index contributed by atoms with van der Waals surface area (Å²) in [4.78, 5) is 25.2. The van der Waals surface area contributed by atoms with E-state index in [9.17, 15) is 14.7 Å². The van der Waals surface area contributed by atoms with Crippen molar-refractivity contribution in [3.05, 3.63) is 64.1 Å². The van der Waals surface area contributed by atoms with E-state index in [1.807, 2.05) is 6.92 Å². The van der Waals surface area contributed by atoms with Gasteiger partial charge in [0.1, 0.15) is 12.4 Å². The Bertz CT molecular complexity index is 879. The summed E-state index contributed by atoms with van der Waals surface area (Å²) in [6.07, 6.45) is 1.61. The van der Waals surface area contributed by atoms with Crippen LogP contribution < -0.4 is 10.3 Å². The molecular weight excluding hydrogens is 348 g/mol. The highest BCUT2D eigenvalue weighted by atomic mass is 16.5. The number of nitrogens with one attached hydrogen (secondary N) is 2. The van der Waals surface area contributed by atoms with E-state index in [2.05, 4.69) is 16.8 Å². The van der Waals surface area contributed by atoms with Gasteiger partial charge in [-0.3, -0.25) is 14.7 Å². The van der Waals surface area contributed by atoms with Crippen LogP contribution in [0.4, 0.5) is 0 Å². The summed E-state index contributed by atoms with van der Waals surface area (Å²) >= 11 is 0. The molecule has 0 amide bonds. The smallest absolute Gasteiger partial charge is 0.313 e. The topological polar surface area (TPSA) is 104 Å². The van der Waals surface area contributed by atoms with Crippen LogP contribution in [-0.4, -0.2) is 40.1 Å². The van der Waals surface area contributed by atoms with Crippen molar-refractivity contribution in [3.8, 4) is 5.75 Å². The molecule has 2 aromatic rings. The summed E-state index contributed by atoms with van der Waals surface area (Å²) in [6.45, 7) is 7.60. The quantitative estimate of drug-likeness (QED) is 0.531. The Kier molecular flexibility index (Phi) is 5.23. The fraction of sp³-hybridized carbons (Fsp3) is 0.400. The molecule has 1 aliphatic carbocycles. The van der Waals surface area contributed by atoms with Crippen LogP contribution in [0.2, 0.25) is 0 Å². The van der Waals surface area contributed by atoms with Gasteiger partial charge in [-0.15, -0.1) is 0 Å². The number of aromatic nitrogens is 2. The highest BCUT2D eigenvalue weighted by molar-refractivity contribution is 5.77. The molecule has 0 unspecified atom stereocenters. The molecule has 7 nitrogen and oxygen atoms in total. The molecule has 27 heavy (non-hydrogen) atoms. The standard InChI is InChI=1S/C20H24N2O5/c1-4-10-27-19(24)17-15(12-6-8-13(9-7-12)26-5-2)16-14(11-20(17,3)25)21-22-18(16)23/h4,6-9,15,17,25H,1,5,10-11H2,2-3H3,(H2,21,22,23)/t15-,17-,20+/m0/s1. The number of esters is 1. The molecule has 0 fully saturated rings. The molecule has 0 radical (unpaired) electrons. The molecule has 1 heterocycles. The summed E-state index contributed by atoms with van der Waals surface area (Å²) in [7, 11) is 0. The number of benzene rings is 1. The lowest BCUT2D eigenvalue weighted by atomic mass is 9.66. The van der Waals surface area contributed by atoms with Gasteiger partial charge in [-0.1, -0.05) is 24.8 Å². The highest BCUT2D eigenvalue weighted by Gasteiger charge is 2.51. The second-order valence-electron chi connectivity index (χ2n) is 6.88. The summed E-state index contributed by atoms with van der Waals surface area (Å²) in [6, 6.07) is 7.19. The molecule has 144 valence electrons. The van der Waals surface area contributed by atoms with E-state index < -0.39 is 23.4 Å². The molecule has 0 saturated heterocycles. The molecular formula is C20H24N2O5. The number of aromatic amines is 2. The number of H-pyrrole nitrogens is 2. The predicted molar refractivity (Wildman–Crippen MR) is 99.8 cm³/mol. The number of ether oxygens (including phenoxy) is 2. The normalized spacial score (nSPS) is 24.1. The van der Waals surface area contributed by atoms with Gasteiger partial charge in [0.25, 0.3) is 5.56 Å². The van der Waals surface area contributed by atoms with Gasteiger partial charge in [-0.2, -0.15) is 0 Å². The largest absolute Gasteiger partial charge is 0.494 e. The van der Waals surface area contributed by atoms with Gasteiger partial charge in [0.15, 0.2) is 0 Å². The molecule has 1 aliphatic rings. The lowest BCUT2D eigenvalue weighted by molar-refractivity contribution is -0.158. The van der Waals surface area contributed by atoms with Crippen LogP contribution in [-0.2, 0) is 16.0 Å². The summed E-state index contributed by atoms with van der Waals surface area (Å²) in [5.74, 6) is -1.45. The van der Waals surface area contributed by atoms with Crippen LogP contribution in [0.15, 0.2) is 41.7 Å². The van der Waals surface area contributed by atoms with E-state index in [0.29, 0.717) is 23.6 Å². The van der Waals surface area contributed by atoms with Crippen LogP contribution in [0.3, 0.4) is 0 Å². The highest BCUT2D eigenvalue weighted by Crippen LogP contribution is 2.44. The van der Waals surface area contributed by atoms with Gasteiger partial charge >= 0.3 is 5.97 Å². The van der Waals surface area contributed by atoms with E-state index in [4.69, 9.17) is 9.47 Å². The fourth-order valence-corrected chi connectivity index (χ4v) is 3.78. The maximum Gasteiger partial charge on any atom is 0.313 e. The van der Waals surface area contributed by atoms with Crippen LogP contribution in [0.5, 0.6) is 5.75 Å². The second kappa shape index (κ2) is 7.44. The van der Waals surface area contributed by atoms with Crippen molar-refractivity contribution in [1.29, 1.82) is 0 Å². The minimum atomic E-state index is -1.39. The Labute approximate surface area is 157 Å². The Morgan fingerprint density at radius 1 is 1.37 bits per heavy atom. The molecule has 7 heteroatoms. The fourth-order valence-electron chi connectivity index (χ4n) is 3.78. The van der Waals surface area contributed by atoms with Gasteiger partial charge in [-0.25, -0.2) is 0 Å². The Hall–Kier alpha value is -2.80. The molecule has 0 spiro atoms. The first kappa shape index (κ1) is 19.0. The molecule has 1 aromatic heterocycles. The van der Waals surface area contributed by atoms with E-state index in [1.54, 1.807) is 31.2 Å². The summed E-state index contributed by atoms with van der Waals surface area (Å²) < 4.78 is 10.7. The third kappa shape index (κ3) is 3.55. The zero-order chi connectivity index (χ0) is 19.6. The minimum Gasteiger partial charge on any atom is -0.494 e. The number of fused-ring (bicyclic) bond motifs is 1. The Balaban J connectivity index is 2.11. The van der Waals surface area contributed by atoms with Crippen molar-refractivity contribution in [1.82, 2.24) is 10.2 Å². The van der Waals surface area contributed by atoms with Crippen molar-refractivity contribution < 1.29 is 19.4 Å². The summed E-state index contributed by atoms with van der Waals surface area (Å²) in [5, 5.41) is 16.4. The molecule has 0 bridgehead atoms. The molecule has 3 rings (SSSR count). The Morgan fingerprint density at radius 2 is 2.07 bits per heavy atom. The zero-order valence-corrected chi connectivity index (χ0v) is 15.5. The lowest BCUT2D eigenvalue weighted by Crippen LogP contribution is -2.50. The lowest BCUT2D eigenvalue weighted by Gasteiger charge is -2.40. The second-order valence-corrected chi connectivity index (χ2v) is 6.88. The van der Waals surface area contributed by atoms with Crippen LogP contribution >= 0.6 is 0 Å². The first-order valence-electron chi connectivity index (χ1n) is 8.91. The van der Waals surface area contributed by atoms with E-state index in [1.165, 1.54) is 6.08 Å². The first-order chi connectivity index (χ1) is 12.9. The SMILES string of the molecule is C=CCOC(=O)[C@@H]1[C@@H](c2ccc(OCC)cc2)c2c([nH][nH]c2=O)C[C@@]1(C)O. The van der Waals surface area contributed by atoms with Crippen molar-refractivity contribution in [3.63, 3.8) is 0 Å². The number of hydrogen-bond acceptors (Lipinski definition) is 5. The van der Waals surface area contributed by atoms with Crippen molar-refractivity contribution in [2.45, 2.75) is 31.8 Å². The molecule has 3 N–H and O–H groups in total. The Morgan fingerprint density at radius 3 is 2.70 bits per heavy atom. The third-order valence-corrected chi connectivity index (χ3v) is 4.89.